The van der Waals surface area contributed by atoms with Gasteiger partial charge in [-0.1, -0.05) is 77.4 Å². The normalized spacial score (nSPS) is 10.1. The van der Waals surface area contributed by atoms with Crippen molar-refractivity contribution in [3.05, 3.63) is 25.2 Å². The average Bonchev–Trinajstić information content (AvgIpc) is 2.55. The minimum absolute atomic E-state index is 0.198. The van der Waals surface area contributed by atoms with Gasteiger partial charge in [-0.2, -0.15) is 0 Å². The van der Waals surface area contributed by atoms with E-state index in [1.54, 1.807) is 0 Å². The van der Waals surface area contributed by atoms with E-state index in [-0.39, 0.29) is 11.9 Å². The fourth-order valence-electron chi connectivity index (χ4n) is 2.78. The van der Waals surface area contributed by atoms with Gasteiger partial charge in [0.25, 0.3) is 0 Å². The number of aliphatic hydroxyl groups is 2. The van der Waals surface area contributed by atoms with E-state index in [1.807, 2.05) is 13.8 Å². The maximum absolute atomic E-state index is 11.5. The summed E-state index contributed by atoms with van der Waals surface area (Å²) >= 11 is 0. The summed E-state index contributed by atoms with van der Waals surface area (Å²) in [6.07, 6.45) is 17.2. The van der Waals surface area contributed by atoms with Gasteiger partial charge in [0.2, 0.25) is 5.91 Å². The highest BCUT2D eigenvalue weighted by Crippen LogP contribution is 2.13. The molecule has 0 fully saturated rings. The Bertz CT molecular complexity index is 340. The van der Waals surface area contributed by atoms with Crippen molar-refractivity contribution < 1.29 is 15.0 Å². The summed E-state index contributed by atoms with van der Waals surface area (Å²) < 4.78 is 0. The van der Waals surface area contributed by atoms with Gasteiger partial charge in [0, 0.05) is 18.9 Å². The average molecular weight is 370 g/mol. The summed E-state index contributed by atoms with van der Waals surface area (Å²) in [7, 11) is 0. The number of nitrogens with one attached hydrogen (secondary N) is 1. The molecule has 4 heteroatoms. The van der Waals surface area contributed by atoms with Crippen molar-refractivity contribution in [2.24, 2.45) is 0 Å². The highest BCUT2D eigenvalue weighted by molar-refractivity contribution is 5.76. The molecule has 0 heterocycles. The van der Waals surface area contributed by atoms with Gasteiger partial charge < -0.3 is 15.5 Å². The summed E-state index contributed by atoms with van der Waals surface area (Å²) in [5.74, 6) is 0.522. The molecule has 0 unspecified atom stereocenters. The third kappa shape index (κ3) is 27.4. The van der Waals surface area contributed by atoms with Gasteiger partial charge in [-0.05, 0) is 26.7 Å². The topological polar surface area (TPSA) is 69.6 Å². The Morgan fingerprint density at radius 1 is 0.846 bits per heavy atom. The fourth-order valence-corrected chi connectivity index (χ4v) is 2.78. The smallest absolute Gasteiger partial charge is 0.220 e. The van der Waals surface area contributed by atoms with Gasteiger partial charge in [-0.15, -0.1) is 0 Å². The summed E-state index contributed by atoms with van der Waals surface area (Å²) in [5, 5.41) is 19.2. The van der Waals surface area contributed by atoms with E-state index in [1.165, 1.54) is 64.2 Å². The zero-order valence-electron chi connectivity index (χ0n) is 17.3. The molecular weight excluding hydrogens is 326 g/mol. The Balaban J connectivity index is 0. The number of aliphatic hydroxyl groups excluding tert-OH is 2. The molecule has 0 aliphatic carbocycles. The molecule has 3 N–H and O–H groups in total. The predicted molar refractivity (Wildman–Crippen MR) is 113 cm³/mol. The minimum Gasteiger partial charge on any atom is -0.516 e. The van der Waals surface area contributed by atoms with Crippen LogP contribution in [0.15, 0.2) is 25.2 Å². The Kier molecular flexibility index (Phi) is 22.2. The third-order valence-electron chi connectivity index (χ3n) is 4.07. The van der Waals surface area contributed by atoms with Crippen molar-refractivity contribution in [1.82, 2.24) is 5.32 Å². The fraction of sp³-hybridized carbons (Fsp3) is 0.773. The van der Waals surface area contributed by atoms with E-state index >= 15 is 0 Å². The first-order chi connectivity index (χ1) is 12.4. The zero-order valence-corrected chi connectivity index (χ0v) is 17.3. The molecule has 154 valence electrons. The molecule has 26 heavy (non-hydrogen) atoms. The van der Waals surface area contributed by atoms with Crippen LogP contribution < -0.4 is 5.32 Å². The van der Waals surface area contributed by atoms with Crippen molar-refractivity contribution in [2.75, 3.05) is 0 Å². The van der Waals surface area contributed by atoms with Crippen LogP contribution in [-0.2, 0) is 4.79 Å². The molecule has 0 aliphatic rings. The lowest BCUT2D eigenvalue weighted by Gasteiger charge is -2.07. The van der Waals surface area contributed by atoms with Crippen molar-refractivity contribution >= 4 is 5.91 Å². The molecule has 0 spiro atoms. The van der Waals surface area contributed by atoms with Crippen LogP contribution >= 0.6 is 0 Å². The monoisotopic (exact) mass is 369 g/mol. The van der Waals surface area contributed by atoms with Gasteiger partial charge in [0.05, 0.1) is 12.0 Å². The largest absolute Gasteiger partial charge is 0.516 e. The quantitative estimate of drug-likeness (QED) is 0.209. The number of rotatable bonds is 16. The van der Waals surface area contributed by atoms with Crippen LogP contribution in [-0.4, -0.2) is 22.2 Å². The molecule has 4 nitrogen and oxygen atoms in total. The number of unbranched alkanes of at least 4 members (excludes halogenated alkanes) is 11. The summed E-state index contributed by atoms with van der Waals surface area (Å²) in [5.41, 5.74) is 0. The van der Waals surface area contributed by atoms with E-state index < -0.39 is 0 Å². The van der Waals surface area contributed by atoms with Crippen LogP contribution in [0.1, 0.15) is 104 Å². The Labute approximate surface area is 161 Å². The van der Waals surface area contributed by atoms with Crippen LogP contribution in [0.25, 0.3) is 0 Å². The second-order valence-corrected chi connectivity index (χ2v) is 7.21. The summed E-state index contributed by atoms with van der Waals surface area (Å²) in [4.78, 5) is 11.5. The van der Waals surface area contributed by atoms with Crippen molar-refractivity contribution in [1.29, 1.82) is 0 Å². The number of carbonyl (C=O) groups excluding carboxylic acids is 1. The van der Waals surface area contributed by atoms with Crippen molar-refractivity contribution in [2.45, 2.75) is 110 Å². The van der Waals surface area contributed by atoms with Gasteiger partial charge in [0.1, 0.15) is 0 Å². The van der Waals surface area contributed by atoms with E-state index in [2.05, 4.69) is 18.5 Å². The standard InChI is InChI=1S/C20H39NO2.C2H4O/c1-18(2)21-20(23)17-15-13-11-9-7-5-4-6-8-10-12-14-16-19(3)22;1-2-3/h18,22H,3-17H2,1-2H3,(H,21,23);2-3H,1H2. The Hall–Kier alpha value is -1.45. The second kappa shape index (κ2) is 21.6. The van der Waals surface area contributed by atoms with Crippen molar-refractivity contribution in [3.8, 4) is 0 Å². The van der Waals surface area contributed by atoms with Crippen LogP contribution in [0, 0.1) is 0 Å². The molecule has 0 aromatic rings. The molecule has 0 bridgehead atoms. The van der Waals surface area contributed by atoms with E-state index in [4.69, 9.17) is 10.2 Å². The number of amides is 1. The van der Waals surface area contributed by atoms with Crippen molar-refractivity contribution in [3.63, 3.8) is 0 Å². The molecule has 0 atom stereocenters. The minimum atomic E-state index is 0.198. The SMILES string of the molecule is C=C(O)CCCCCCCCCCCCCCC(=O)NC(C)C.C=CO. The zero-order chi connectivity index (χ0) is 20.0. The molecule has 0 saturated carbocycles. The van der Waals surface area contributed by atoms with Crippen LogP contribution in [0.4, 0.5) is 0 Å². The molecule has 0 saturated heterocycles. The van der Waals surface area contributed by atoms with Crippen LogP contribution in [0.5, 0.6) is 0 Å². The molecule has 1 amide bonds. The van der Waals surface area contributed by atoms with Gasteiger partial charge >= 0.3 is 0 Å². The number of hydrogen-bond donors (Lipinski definition) is 3. The molecule has 0 radical (unpaired) electrons. The van der Waals surface area contributed by atoms with E-state index in [9.17, 15) is 4.79 Å². The molecular formula is C22H43NO3. The van der Waals surface area contributed by atoms with Gasteiger partial charge in [-0.3, -0.25) is 4.79 Å². The first kappa shape index (κ1) is 26.8. The maximum atomic E-state index is 11.5. The van der Waals surface area contributed by atoms with E-state index in [0.717, 1.165) is 25.5 Å². The van der Waals surface area contributed by atoms with Gasteiger partial charge in [-0.25, -0.2) is 0 Å². The number of hydrogen-bond acceptors (Lipinski definition) is 3. The van der Waals surface area contributed by atoms with E-state index in [0.29, 0.717) is 12.2 Å². The first-order valence-electron chi connectivity index (χ1n) is 10.3. The molecule has 0 aromatic heterocycles. The third-order valence-corrected chi connectivity index (χ3v) is 4.07. The lowest BCUT2D eigenvalue weighted by atomic mass is 10.0. The van der Waals surface area contributed by atoms with Crippen LogP contribution in [0.3, 0.4) is 0 Å². The lowest BCUT2D eigenvalue weighted by molar-refractivity contribution is -0.121. The predicted octanol–water partition coefficient (Wildman–Crippen LogP) is 6.73. The van der Waals surface area contributed by atoms with Gasteiger partial charge in [0.15, 0.2) is 0 Å². The number of allylic oxidation sites excluding steroid dienone is 1. The molecule has 0 aliphatic heterocycles. The molecule has 0 aromatic carbocycles. The number of carbonyl (C=O) groups is 1. The Morgan fingerprint density at radius 3 is 1.46 bits per heavy atom. The first-order valence-corrected chi connectivity index (χ1v) is 10.3. The lowest BCUT2D eigenvalue weighted by Crippen LogP contribution is -2.29. The highest BCUT2D eigenvalue weighted by atomic mass is 16.3. The van der Waals surface area contributed by atoms with Crippen LogP contribution in [0.2, 0.25) is 0 Å². The highest BCUT2D eigenvalue weighted by Gasteiger charge is 2.02. The maximum Gasteiger partial charge on any atom is 0.220 e. The summed E-state index contributed by atoms with van der Waals surface area (Å²) in [6.45, 7) is 10.4. The second-order valence-electron chi connectivity index (χ2n) is 7.21. The summed E-state index contributed by atoms with van der Waals surface area (Å²) in [6, 6.07) is 0.261. The Morgan fingerprint density at radius 2 is 1.15 bits per heavy atom. The molecule has 0 rings (SSSR count).